The zero-order valence-electron chi connectivity index (χ0n) is 7.49. The van der Waals surface area contributed by atoms with Gasteiger partial charge in [-0.05, 0) is 24.1 Å². The smallest absolute Gasteiger partial charge is 0.191 e. The second kappa shape index (κ2) is 4.18. The summed E-state index contributed by atoms with van der Waals surface area (Å²) in [5.74, 6) is 0.0588. The summed E-state index contributed by atoms with van der Waals surface area (Å²) in [4.78, 5) is 4.75. The van der Waals surface area contributed by atoms with Gasteiger partial charge in [-0.3, -0.25) is 0 Å². The lowest BCUT2D eigenvalue weighted by molar-refractivity contribution is 1.13. The van der Waals surface area contributed by atoms with Crippen molar-refractivity contribution in [1.29, 1.82) is 0 Å². The van der Waals surface area contributed by atoms with Gasteiger partial charge in [0.15, 0.2) is 5.96 Å². The molecule has 70 valence electrons. The van der Waals surface area contributed by atoms with E-state index in [-0.39, 0.29) is 5.96 Å². The van der Waals surface area contributed by atoms with Crippen molar-refractivity contribution in [3.63, 3.8) is 0 Å². The molecule has 0 aliphatic rings. The SMILES string of the molecule is CCc1ccc(S)c(N=C(N)N)c1. The topological polar surface area (TPSA) is 64.4 Å². The number of guanidine groups is 1. The van der Waals surface area contributed by atoms with Crippen LogP contribution in [0.15, 0.2) is 28.1 Å². The summed E-state index contributed by atoms with van der Waals surface area (Å²) in [7, 11) is 0. The molecular formula is C9H13N3S. The van der Waals surface area contributed by atoms with Crippen molar-refractivity contribution < 1.29 is 0 Å². The monoisotopic (exact) mass is 195 g/mol. The maximum absolute atomic E-state index is 5.28. The van der Waals surface area contributed by atoms with Crippen LogP contribution in [0, 0.1) is 0 Å². The number of nitrogens with zero attached hydrogens (tertiary/aromatic N) is 1. The highest BCUT2D eigenvalue weighted by Gasteiger charge is 1.98. The van der Waals surface area contributed by atoms with Crippen LogP contribution in [-0.2, 0) is 6.42 Å². The highest BCUT2D eigenvalue weighted by molar-refractivity contribution is 7.80. The molecule has 0 saturated carbocycles. The van der Waals surface area contributed by atoms with Gasteiger partial charge in [-0.25, -0.2) is 4.99 Å². The highest BCUT2D eigenvalue weighted by Crippen LogP contribution is 2.24. The number of hydrogen-bond donors (Lipinski definition) is 3. The predicted octanol–water partition coefficient (Wildman–Crippen LogP) is 1.44. The normalized spacial score (nSPS) is 9.69. The maximum atomic E-state index is 5.28. The van der Waals surface area contributed by atoms with E-state index in [0.717, 1.165) is 17.0 Å². The molecule has 1 aromatic carbocycles. The summed E-state index contributed by atoms with van der Waals surface area (Å²) in [5, 5.41) is 0. The minimum atomic E-state index is 0.0588. The van der Waals surface area contributed by atoms with Gasteiger partial charge in [0.05, 0.1) is 5.69 Å². The Morgan fingerprint density at radius 3 is 2.69 bits per heavy atom. The number of nitrogens with two attached hydrogens (primary N) is 2. The molecule has 0 bridgehead atoms. The van der Waals surface area contributed by atoms with E-state index in [1.165, 1.54) is 5.56 Å². The Morgan fingerprint density at radius 1 is 1.46 bits per heavy atom. The molecule has 0 unspecified atom stereocenters. The Kier molecular flexibility index (Phi) is 3.19. The van der Waals surface area contributed by atoms with E-state index in [0.29, 0.717) is 0 Å². The van der Waals surface area contributed by atoms with Gasteiger partial charge in [0, 0.05) is 4.90 Å². The largest absolute Gasteiger partial charge is 0.370 e. The Balaban J connectivity index is 3.11. The van der Waals surface area contributed by atoms with Gasteiger partial charge in [-0.1, -0.05) is 13.0 Å². The van der Waals surface area contributed by atoms with E-state index < -0.39 is 0 Å². The number of hydrogen-bond acceptors (Lipinski definition) is 2. The zero-order valence-corrected chi connectivity index (χ0v) is 8.38. The molecule has 0 heterocycles. The van der Waals surface area contributed by atoms with Crippen molar-refractivity contribution in [3.05, 3.63) is 23.8 Å². The molecule has 0 aliphatic heterocycles. The minimum absolute atomic E-state index is 0.0588. The molecule has 3 nitrogen and oxygen atoms in total. The van der Waals surface area contributed by atoms with Crippen LogP contribution in [0.4, 0.5) is 5.69 Å². The molecule has 0 fully saturated rings. The predicted molar refractivity (Wildman–Crippen MR) is 58.5 cm³/mol. The van der Waals surface area contributed by atoms with Gasteiger partial charge < -0.3 is 11.5 Å². The molecule has 13 heavy (non-hydrogen) atoms. The van der Waals surface area contributed by atoms with Gasteiger partial charge in [0.25, 0.3) is 0 Å². The molecule has 1 rings (SSSR count). The summed E-state index contributed by atoms with van der Waals surface area (Å²) in [5.41, 5.74) is 12.5. The van der Waals surface area contributed by atoms with E-state index in [1.54, 1.807) is 0 Å². The van der Waals surface area contributed by atoms with Crippen LogP contribution >= 0.6 is 12.6 Å². The Bertz CT molecular complexity index is 330. The third-order valence-electron chi connectivity index (χ3n) is 1.70. The van der Waals surface area contributed by atoms with E-state index in [2.05, 4.69) is 24.5 Å². The third-order valence-corrected chi connectivity index (χ3v) is 2.08. The molecular weight excluding hydrogens is 182 g/mol. The maximum Gasteiger partial charge on any atom is 0.191 e. The second-order valence-corrected chi connectivity index (χ2v) is 3.20. The van der Waals surface area contributed by atoms with Gasteiger partial charge in [-0.2, -0.15) is 0 Å². The quantitative estimate of drug-likeness (QED) is 0.380. The summed E-state index contributed by atoms with van der Waals surface area (Å²) in [6.07, 6.45) is 0.959. The third kappa shape index (κ3) is 2.66. The molecule has 0 saturated heterocycles. The second-order valence-electron chi connectivity index (χ2n) is 2.71. The number of thiol groups is 1. The molecule has 0 amide bonds. The van der Waals surface area contributed by atoms with Crippen LogP contribution in [0.3, 0.4) is 0 Å². The van der Waals surface area contributed by atoms with Gasteiger partial charge in [-0.15, -0.1) is 12.6 Å². The summed E-state index contributed by atoms with van der Waals surface area (Å²) < 4.78 is 0. The lowest BCUT2D eigenvalue weighted by Gasteiger charge is -2.02. The van der Waals surface area contributed by atoms with E-state index in [9.17, 15) is 0 Å². The fourth-order valence-corrected chi connectivity index (χ4v) is 1.21. The van der Waals surface area contributed by atoms with Crippen LogP contribution in [0.5, 0.6) is 0 Å². The number of rotatable bonds is 2. The zero-order chi connectivity index (χ0) is 9.84. The van der Waals surface area contributed by atoms with Crippen molar-refractivity contribution in [1.82, 2.24) is 0 Å². The van der Waals surface area contributed by atoms with E-state index >= 15 is 0 Å². The lowest BCUT2D eigenvalue weighted by Crippen LogP contribution is -2.21. The fraction of sp³-hybridized carbons (Fsp3) is 0.222. The lowest BCUT2D eigenvalue weighted by atomic mass is 10.1. The van der Waals surface area contributed by atoms with Gasteiger partial charge in [0.2, 0.25) is 0 Å². The fourth-order valence-electron chi connectivity index (χ4n) is 1.02. The van der Waals surface area contributed by atoms with Crippen LogP contribution in [0.25, 0.3) is 0 Å². The van der Waals surface area contributed by atoms with Gasteiger partial charge in [0.1, 0.15) is 0 Å². The van der Waals surface area contributed by atoms with Crippen molar-refractivity contribution >= 4 is 24.3 Å². The first-order chi connectivity index (χ1) is 6.13. The van der Waals surface area contributed by atoms with Gasteiger partial charge >= 0.3 is 0 Å². The van der Waals surface area contributed by atoms with Crippen LogP contribution in [0.2, 0.25) is 0 Å². The number of aryl methyl sites for hydroxylation is 1. The van der Waals surface area contributed by atoms with Crippen molar-refractivity contribution in [3.8, 4) is 0 Å². The molecule has 4 heteroatoms. The highest BCUT2D eigenvalue weighted by atomic mass is 32.1. The standard InChI is InChI=1S/C9H13N3S/c1-2-6-3-4-8(13)7(5-6)12-9(10)11/h3-5,13H,2H2,1H3,(H4,10,11,12). The molecule has 4 N–H and O–H groups in total. The first-order valence-corrected chi connectivity index (χ1v) is 4.49. The van der Waals surface area contributed by atoms with Crippen molar-refractivity contribution in [2.24, 2.45) is 16.5 Å². The van der Waals surface area contributed by atoms with Crippen LogP contribution in [-0.4, -0.2) is 5.96 Å². The number of benzene rings is 1. The Morgan fingerprint density at radius 2 is 2.15 bits per heavy atom. The summed E-state index contributed by atoms with van der Waals surface area (Å²) in [6.45, 7) is 2.08. The Hall–Kier alpha value is -1.16. The molecule has 0 spiro atoms. The summed E-state index contributed by atoms with van der Waals surface area (Å²) >= 11 is 4.24. The summed E-state index contributed by atoms with van der Waals surface area (Å²) in [6, 6.07) is 5.83. The average Bonchev–Trinajstić information content (AvgIpc) is 2.08. The van der Waals surface area contributed by atoms with Crippen LogP contribution < -0.4 is 11.5 Å². The van der Waals surface area contributed by atoms with Crippen molar-refractivity contribution in [2.45, 2.75) is 18.2 Å². The molecule has 1 aromatic rings. The Labute approximate surface area is 83.3 Å². The molecule has 0 aromatic heterocycles. The first-order valence-electron chi connectivity index (χ1n) is 4.05. The average molecular weight is 195 g/mol. The molecule has 0 atom stereocenters. The molecule has 0 radical (unpaired) electrons. The minimum Gasteiger partial charge on any atom is -0.370 e. The van der Waals surface area contributed by atoms with Crippen molar-refractivity contribution in [2.75, 3.05) is 0 Å². The molecule has 0 aliphatic carbocycles. The first kappa shape index (κ1) is 9.92. The van der Waals surface area contributed by atoms with E-state index in [1.807, 2.05) is 18.2 Å². The van der Waals surface area contributed by atoms with Crippen LogP contribution in [0.1, 0.15) is 12.5 Å². The van der Waals surface area contributed by atoms with E-state index in [4.69, 9.17) is 11.5 Å². The number of aliphatic imine (C=N–C) groups is 1.